The van der Waals surface area contributed by atoms with Crippen LogP contribution in [0.2, 0.25) is 0 Å². The second-order valence-corrected chi connectivity index (χ2v) is 9.34. The molecule has 1 aliphatic heterocycles. The number of benzene rings is 1. The third-order valence-electron chi connectivity index (χ3n) is 5.33. The maximum Gasteiger partial charge on any atom is 0.194 e. The summed E-state index contributed by atoms with van der Waals surface area (Å²) in [5.74, 6) is 0.487. The highest BCUT2D eigenvalue weighted by Crippen LogP contribution is 2.40. The maximum atomic E-state index is 5.76. The van der Waals surface area contributed by atoms with Gasteiger partial charge in [0.2, 0.25) is 0 Å². The number of rotatable bonds is 5. The van der Waals surface area contributed by atoms with Gasteiger partial charge >= 0.3 is 0 Å². The highest BCUT2D eigenvalue weighted by atomic mass is 32.1. The van der Waals surface area contributed by atoms with Gasteiger partial charge in [-0.25, -0.2) is 4.98 Å². The fourth-order valence-electron chi connectivity index (χ4n) is 4.09. The number of thiocarbonyl (C=S) groups is 1. The number of fused-ring (bicyclic) bond motifs is 1. The van der Waals surface area contributed by atoms with Gasteiger partial charge in [0.25, 0.3) is 0 Å². The Hall–Kier alpha value is -2.77. The number of para-hydroxylation sites is 1. The van der Waals surface area contributed by atoms with Crippen molar-refractivity contribution in [1.29, 1.82) is 0 Å². The molecule has 5 nitrogen and oxygen atoms in total. The third-order valence-corrected chi connectivity index (χ3v) is 6.72. The van der Waals surface area contributed by atoms with Crippen LogP contribution >= 0.6 is 23.6 Å². The Labute approximate surface area is 185 Å². The van der Waals surface area contributed by atoms with Crippen LogP contribution in [0.3, 0.4) is 0 Å². The van der Waals surface area contributed by atoms with Crippen molar-refractivity contribution in [3.05, 3.63) is 78.4 Å². The molecule has 4 heterocycles. The van der Waals surface area contributed by atoms with Gasteiger partial charge in [0.15, 0.2) is 10.2 Å². The van der Waals surface area contributed by atoms with Gasteiger partial charge in [0, 0.05) is 18.9 Å². The smallest absolute Gasteiger partial charge is 0.194 e. The normalized spacial score (nSPS) is 19.0. The fourth-order valence-corrected chi connectivity index (χ4v) is 5.37. The highest BCUT2D eigenvalue weighted by molar-refractivity contribution is 7.80. The summed E-state index contributed by atoms with van der Waals surface area (Å²) in [5, 5.41) is 5.28. The first-order valence-electron chi connectivity index (χ1n) is 10.1. The lowest BCUT2D eigenvalue weighted by atomic mass is 10.0. The highest BCUT2D eigenvalue weighted by Gasteiger charge is 2.41. The SMILES string of the molecule is CC(C)CN1C(=S)NC(c2ccccn2)C1c1cccn1-c1nc2ccccc2s1. The molecule has 1 N–H and O–H groups in total. The van der Waals surface area contributed by atoms with Crippen molar-refractivity contribution in [3.63, 3.8) is 0 Å². The molecule has 0 aliphatic carbocycles. The van der Waals surface area contributed by atoms with Gasteiger partial charge < -0.3 is 10.2 Å². The number of nitrogens with one attached hydrogen (secondary N) is 1. The van der Waals surface area contributed by atoms with Crippen molar-refractivity contribution in [2.24, 2.45) is 5.92 Å². The molecule has 1 fully saturated rings. The van der Waals surface area contributed by atoms with Crippen LogP contribution in [0.4, 0.5) is 0 Å². The van der Waals surface area contributed by atoms with Crippen molar-refractivity contribution < 1.29 is 0 Å². The van der Waals surface area contributed by atoms with Crippen LogP contribution in [0, 0.1) is 5.92 Å². The number of pyridine rings is 1. The third kappa shape index (κ3) is 3.38. The quantitative estimate of drug-likeness (QED) is 0.443. The maximum absolute atomic E-state index is 5.76. The Morgan fingerprint density at radius 1 is 1.10 bits per heavy atom. The van der Waals surface area contributed by atoms with Gasteiger partial charge in [-0.05, 0) is 54.5 Å². The number of hydrogen-bond donors (Lipinski definition) is 1. The average molecular weight is 434 g/mol. The molecule has 1 aliphatic rings. The van der Waals surface area contributed by atoms with Crippen LogP contribution in [-0.4, -0.2) is 31.1 Å². The molecule has 2 atom stereocenters. The topological polar surface area (TPSA) is 46.0 Å². The van der Waals surface area contributed by atoms with Crippen molar-refractivity contribution in [2.75, 3.05) is 6.54 Å². The summed E-state index contributed by atoms with van der Waals surface area (Å²) in [6, 6.07) is 18.6. The summed E-state index contributed by atoms with van der Waals surface area (Å²) in [6.07, 6.45) is 3.94. The van der Waals surface area contributed by atoms with E-state index in [2.05, 4.69) is 76.2 Å². The van der Waals surface area contributed by atoms with Crippen LogP contribution in [0.25, 0.3) is 15.3 Å². The Bertz CT molecular complexity index is 1150. The van der Waals surface area contributed by atoms with Crippen LogP contribution in [0.5, 0.6) is 0 Å². The second kappa shape index (κ2) is 7.81. The lowest BCUT2D eigenvalue weighted by Crippen LogP contribution is -2.33. The second-order valence-electron chi connectivity index (χ2n) is 7.94. The Morgan fingerprint density at radius 3 is 2.70 bits per heavy atom. The molecule has 5 rings (SSSR count). The van der Waals surface area contributed by atoms with E-state index in [4.69, 9.17) is 17.2 Å². The van der Waals surface area contributed by atoms with Crippen LogP contribution < -0.4 is 5.32 Å². The molecule has 0 radical (unpaired) electrons. The molecule has 30 heavy (non-hydrogen) atoms. The molecule has 0 spiro atoms. The molecule has 1 saturated heterocycles. The van der Waals surface area contributed by atoms with Gasteiger partial charge in [-0.3, -0.25) is 9.55 Å². The van der Waals surface area contributed by atoms with Gasteiger partial charge in [0.05, 0.1) is 33.7 Å². The summed E-state index contributed by atoms with van der Waals surface area (Å²) in [7, 11) is 0. The van der Waals surface area contributed by atoms with E-state index < -0.39 is 0 Å². The number of hydrogen-bond acceptors (Lipinski definition) is 4. The molecule has 152 valence electrons. The van der Waals surface area contributed by atoms with Crippen molar-refractivity contribution >= 4 is 38.9 Å². The molecule has 0 amide bonds. The monoisotopic (exact) mass is 433 g/mol. The average Bonchev–Trinajstić information content (AvgIpc) is 3.45. The van der Waals surface area contributed by atoms with E-state index in [1.54, 1.807) is 11.3 Å². The molecule has 1 aromatic carbocycles. The first-order chi connectivity index (χ1) is 14.6. The Morgan fingerprint density at radius 2 is 1.93 bits per heavy atom. The minimum Gasteiger partial charge on any atom is -0.352 e. The molecule has 4 aromatic rings. The molecule has 0 bridgehead atoms. The first-order valence-corrected chi connectivity index (χ1v) is 11.4. The van der Waals surface area contributed by atoms with E-state index in [9.17, 15) is 0 Å². The number of nitrogens with zero attached hydrogens (tertiary/aromatic N) is 4. The predicted octanol–water partition coefficient (Wildman–Crippen LogP) is 5.11. The molecule has 7 heteroatoms. The molecule has 0 saturated carbocycles. The van der Waals surface area contributed by atoms with E-state index in [1.165, 1.54) is 4.70 Å². The summed E-state index contributed by atoms with van der Waals surface area (Å²) in [4.78, 5) is 11.8. The van der Waals surface area contributed by atoms with E-state index >= 15 is 0 Å². The summed E-state index contributed by atoms with van der Waals surface area (Å²) < 4.78 is 3.39. The summed E-state index contributed by atoms with van der Waals surface area (Å²) in [6.45, 7) is 5.32. The van der Waals surface area contributed by atoms with Crippen LogP contribution in [0.15, 0.2) is 67.0 Å². The van der Waals surface area contributed by atoms with Gasteiger partial charge in [0.1, 0.15) is 0 Å². The minimum absolute atomic E-state index is 0.0134. The van der Waals surface area contributed by atoms with E-state index in [1.807, 2.05) is 24.4 Å². The van der Waals surface area contributed by atoms with Crippen molar-refractivity contribution in [2.45, 2.75) is 25.9 Å². The zero-order valence-electron chi connectivity index (χ0n) is 16.9. The lowest BCUT2D eigenvalue weighted by Gasteiger charge is -2.29. The van der Waals surface area contributed by atoms with E-state index in [0.29, 0.717) is 5.92 Å². The first kappa shape index (κ1) is 19.2. The standard InChI is InChI=1S/C23H23N5S2/c1-15(2)14-28-21(20(26-22(28)29)17-9-5-6-12-24-17)18-10-7-13-27(18)23-25-16-8-3-4-11-19(16)30-23/h3-13,15,20-21H,14H2,1-2H3,(H,26,29). The molecule has 2 unspecified atom stereocenters. The van der Waals surface area contributed by atoms with Gasteiger partial charge in [-0.1, -0.05) is 43.4 Å². The molecular formula is C23H23N5S2. The minimum atomic E-state index is -0.0134. The summed E-state index contributed by atoms with van der Waals surface area (Å²) >= 11 is 7.47. The number of aromatic nitrogens is 3. The van der Waals surface area contributed by atoms with E-state index in [-0.39, 0.29) is 12.1 Å². The Balaban J connectivity index is 1.62. The van der Waals surface area contributed by atoms with Crippen LogP contribution in [0.1, 0.15) is 37.3 Å². The fraction of sp³-hybridized carbons (Fsp3) is 0.261. The number of thiazole rings is 1. The van der Waals surface area contributed by atoms with Gasteiger partial charge in [-0.2, -0.15) is 0 Å². The zero-order chi connectivity index (χ0) is 20.7. The van der Waals surface area contributed by atoms with Crippen molar-refractivity contribution in [3.8, 4) is 5.13 Å². The van der Waals surface area contributed by atoms with Crippen LogP contribution in [-0.2, 0) is 0 Å². The van der Waals surface area contributed by atoms with E-state index in [0.717, 1.165) is 33.7 Å². The van der Waals surface area contributed by atoms with Crippen molar-refractivity contribution in [1.82, 2.24) is 24.8 Å². The molecule has 3 aromatic heterocycles. The molecular weight excluding hydrogens is 410 g/mol. The van der Waals surface area contributed by atoms with Gasteiger partial charge in [-0.15, -0.1) is 0 Å². The zero-order valence-corrected chi connectivity index (χ0v) is 18.5. The predicted molar refractivity (Wildman–Crippen MR) is 126 cm³/mol. The largest absolute Gasteiger partial charge is 0.352 e. The lowest BCUT2D eigenvalue weighted by molar-refractivity contribution is 0.280. The summed E-state index contributed by atoms with van der Waals surface area (Å²) in [5.41, 5.74) is 3.18. The Kier molecular flexibility index (Phi) is 5.00.